The predicted octanol–water partition coefficient (Wildman–Crippen LogP) is 5.30. The molecule has 10 atom stereocenters. The van der Waals surface area contributed by atoms with Gasteiger partial charge < -0.3 is 117 Å². The van der Waals surface area contributed by atoms with Crippen LogP contribution in [0, 0.1) is 39.9 Å². The van der Waals surface area contributed by atoms with E-state index in [1.54, 1.807) is 0 Å². The van der Waals surface area contributed by atoms with Crippen molar-refractivity contribution in [1.82, 2.24) is 0 Å². The van der Waals surface area contributed by atoms with Gasteiger partial charge in [-0.1, -0.05) is 0 Å². The second kappa shape index (κ2) is 40.4. The number of hydrogen-bond donors (Lipinski definition) is 12. The number of carbonyl (C=O) groups is 8. The SMILES string of the molecule is O=C(OC1CC(O)CC(O)C1)c1cc(C(=O)OC2CC(O)CC(O)C2)cc(S(=O)(=O)[O-])c1.O=C(OC1CCC(O)CC1)c1cc(C(=O)OC2CCC(O)CC2)cc(S(=O)(=O)[O-])c1.O=C(OCC12CC3CC(CC(O)(C3)C1)C2)c1cc(C(=O)OC2CCC(O)CC2)cc(S(=O)(=O)[O-])c1.O=C(OCC12CC3CC(O)(CC(O)(C3)C1)C2)c1cc(C(=O)OCC23CC4CC(O)(CC(O)(C4)C2)C3)cc(S(=O)(=O)[O-])c1. The number of benzene rings is 4. The molecule has 4 aromatic carbocycles. The molecule has 0 aliphatic heterocycles. The Morgan fingerprint density at radius 3 is 0.683 bits per heavy atom. The third-order valence-corrected chi connectivity index (χ3v) is 33.4. The summed E-state index contributed by atoms with van der Waals surface area (Å²) in [6.45, 7) is -0.104. The number of aliphatic hydroxyl groups excluding tert-OH is 7. The molecule has 0 amide bonds. The highest BCUT2D eigenvalue weighted by Gasteiger charge is 2.65. The molecule has 139 heavy (non-hydrogen) atoms. The molecule has 12 N–H and O–H groups in total. The fourth-order valence-corrected chi connectivity index (χ4v) is 28.1. The molecule has 17 fully saturated rings. The Labute approximate surface area is 802 Å². The van der Waals surface area contributed by atoms with E-state index in [2.05, 4.69) is 0 Å². The standard InChI is InChI=1S/C30H38O11S.C25H32O9S.C20H26O11S.C20H26O9S/c31-23(40-16-25-4-18-6-27(33,10-25)14-28(34,7-18)11-25)20-1-21(3-22(2-20)42(37,38)39)24(32)41-17-26-5-19-8-29(35,12-26)15-30(36,9-19)13-26;26-19-1-3-20(4-2-19)34-23(28)18-6-17(7-21(8-18)35(30,31)32)22(27)33-14-24-9-15-5-16(10-24)12-25(29,11-15)13-24;21-12-4-13(22)7-16(6-12)30-19(25)10-1-11(3-18(2-10)32(27,28)29)20(26)31-17-8-14(23)5-15(24)9-17;21-14-1-5-16(6-2-14)28-19(23)12-9-13(11-18(10-12)30(25,26)27)20(24)29-17-7-3-15(22)4-8-17/h1-3,18-19,33-36H,4-17H2,(H,37,38,39);6-8,15-16,19-20,26,29H,1-5,9-14H2,(H,30,31,32);1-3,12-17,21-24H,4-9H2,(H,27,28,29);9-11,14-17,21-22H,1-8H2,(H,25,26,27)/p-4. The van der Waals surface area contributed by atoms with Crippen molar-refractivity contribution in [3.63, 3.8) is 0 Å². The van der Waals surface area contributed by atoms with Crippen LogP contribution in [0.1, 0.15) is 314 Å². The molecular formula is C95H118O40S4-4. The van der Waals surface area contributed by atoms with E-state index in [1.165, 1.54) is 6.07 Å². The molecule has 0 radical (unpaired) electrons. The van der Waals surface area contributed by atoms with Crippen LogP contribution >= 0.6 is 0 Å². The summed E-state index contributed by atoms with van der Waals surface area (Å²) in [4.78, 5) is 99.1. The Hall–Kier alpha value is -8.20. The Morgan fingerprint density at radius 1 is 0.245 bits per heavy atom. The van der Waals surface area contributed by atoms with Crippen LogP contribution in [0.5, 0.6) is 0 Å². The van der Waals surface area contributed by atoms with Crippen molar-refractivity contribution < 1.29 is 189 Å². The van der Waals surface area contributed by atoms with Gasteiger partial charge in [0.15, 0.2) is 0 Å². The smallest absolute Gasteiger partial charge is 0.338 e. The van der Waals surface area contributed by atoms with E-state index >= 15 is 0 Å². The summed E-state index contributed by atoms with van der Waals surface area (Å²) in [6.07, 6.45) is 9.36. The molecule has 17 aliphatic rings. The van der Waals surface area contributed by atoms with Crippen LogP contribution in [0.3, 0.4) is 0 Å². The van der Waals surface area contributed by atoms with Gasteiger partial charge in [0, 0.05) is 54.8 Å². The highest BCUT2D eigenvalue weighted by atomic mass is 32.2. The Morgan fingerprint density at radius 2 is 0.453 bits per heavy atom. The van der Waals surface area contributed by atoms with Crippen molar-refractivity contribution in [2.24, 2.45) is 39.9 Å². The van der Waals surface area contributed by atoms with Crippen LogP contribution in [0.4, 0.5) is 0 Å². The van der Waals surface area contributed by atoms with Crippen LogP contribution in [-0.2, 0) is 78.4 Å². The van der Waals surface area contributed by atoms with Crippen molar-refractivity contribution in [1.29, 1.82) is 0 Å². The summed E-state index contributed by atoms with van der Waals surface area (Å²) in [5.41, 5.74) is -8.61. The van der Waals surface area contributed by atoms with Gasteiger partial charge in [0.1, 0.15) is 71.0 Å². The highest BCUT2D eigenvalue weighted by molar-refractivity contribution is 7.86. The predicted molar refractivity (Wildman–Crippen MR) is 469 cm³/mol. The maximum Gasteiger partial charge on any atom is 0.338 e. The Bertz CT molecular complexity index is 5540. The van der Waals surface area contributed by atoms with Gasteiger partial charge in [0.05, 0.1) is 155 Å². The highest BCUT2D eigenvalue weighted by Crippen LogP contribution is 2.66. The molecule has 766 valence electrons. The zero-order chi connectivity index (χ0) is 101. The molecule has 0 aromatic heterocycles. The summed E-state index contributed by atoms with van der Waals surface area (Å²) in [7, 11) is -20.0. The van der Waals surface area contributed by atoms with E-state index in [0.29, 0.717) is 172 Å². The summed E-state index contributed by atoms with van der Waals surface area (Å²) in [6, 6.07) is 11.3. The number of ether oxygens (including phenoxy) is 8. The first kappa shape index (κ1) is 105. The maximum atomic E-state index is 13.2. The Balaban J connectivity index is 0.000000142. The molecule has 21 rings (SSSR count). The fourth-order valence-electron chi connectivity index (χ4n) is 26.0. The molecule has 4 aromatic rings. The molecular weight excluding hydrogens is 1910 g/mol. The van der Waals surface area contributed by atoms with Gasteiger partial charge >= 0.3 is 47.8 Å². The van der Waals surface area contributed by atoms with E-state index in [9.17, 15) is 152 Å². The second-order valence-electron chi connectivity index (χ2n) is 42.7. The molecule has 44 heteroatoms. The summed E-state index contributed by atoms with van der Waals surface area (Å²) in [5, 5.41) is 123. The van der Waals surface area contributed by atoms with Crippen molar-refractivity contribution >= 4 is 88.2 Å². The Kier molecular flexibility index (Phi) is 30.6. The zero-order valence-electron chi connectivity index (χ0n) is 76.2. The second-order valence-corrected chi connectivity index (χ2v) is 48.2. The monoisotopic (exact) mass is 2030 g/mol. The molecule has 0 heterocycles. The van der Waals surface area contributed by atoms with Gasteiger partial charge in [-0.3, -0.25) is 0 Å². The first-order valence-corrected chi connectivity index (χ1v) is 52.9. The van der Waals surface area contributed by atoms with E-state index in [-0.39, 0.29) is 109 Å². The fraction of sp³-hybridized carbons (Fsp3) is 0.663. The third-order valence-electron chi connectivity index (χ3n) is 30.1. The largest absolute Gasteiger partial charge is 0.744 e. The van der Waals surface area contributed by atoms with Crippen molar-refractivity contribution in [3.8, 4) is 0 Å². The number of aliphatic hydroxyl groups is 12. The van der Waals surface area contributed by atoms with Crippen LogP contribution < -0.4 is 0 Å². The quantitative estimate of drug-likeness (QED) is 0.0254. The molecule has 10 unspecified atom stereocenters. The summed E-state index contributed by atoms with van der Waals surface area (Å²) < 4.78 is 183. The lowest BCUT2D eigenvalue weighted by Crippen LogP contribution is -2.64. The minimum Gasteiger partial charge on any atom is -0.744 e. The van der Waals surface area contributed by atoms with Crippen molar-refractivity contribution in [3.05, 3.63) is 117 Å². The number of esters is 8. The number of carbonyl (C=O) groups excluding carboxylic acids is 8. The van der Waals surface area contributed by atoms with Crippen LogP contribution in [0.15, 0.2) is 92.4 Å². The molecule has 17 aliphatic carbocycles. The lowest BCUT2D eigenvalue weighted by atomic mass is 9.46. The van der Waals surface area contributed by atoms with Crippen molar-refractivity contribution in [2.75, 3.05) is 19.8 Å². The summed E-state index contributed by atoms with van der Waals surface area (Å²) in [5.74, 6) is -6.27. The van der Waals surface area contributed by atoms with Gasteiger partial charge in [-0.05, 0) is 289 Å². The lowest BCUT2D eigenvalue weighted by Gasteiger charge is -2.63. The summed E-state index contributed by atoms with van der Waals surface area (Å²) >= 11 is 0. The minimum absolute atomic E-state index is 0.0730. The van der Waals surface area contributed by atoms with Gasteiger partial charge in [0.25, 0.3) is 0 Å². The van der Waals surface area contributed by atoms with Gasteiger partial charge in [-0.15, -0.1) is 0 Å². The van der Waals surface area contributed by atoms with E-state index in [4.69, 9.17) is 37.9 Å². The number of rotatable bonds is 23. The molecule has 12 bridgehead atoms. The minimum atomic E-state index is -5.05. The first-order valence-electron chi connectivity index (χ1n) is 47.2. The van der Waals surface area contributed by atoms with Gasteiger partial charge in [-0.25, -0.2) is 72.0 Å². The van der Waals surface area contributed by atoms with Gasteiger partial charge in [-0.2, -0.15) is 0 Å². The zero-order valence-corrected chi connectivity index (χ0v) is 79.4. The van der Waals surface area contributed by atoms with E-state index < -0.39 is 231 Å². The van der Waals surface area contributed by atoms with Crippen LogP contribution in [-0.4, -0.2) is 282 Å². The number of hydrogen-bond acceptors (Lipinski definition) is 40. The average Bonchev–Trinajstić information content (AvgIpc) is 0.718. The lowest BCUT2D eigenvalue weighted by molar-refractivity contribution is -0.237. The van der Waals surface area contributed by atoms with E-state index in [1.807, 2.05) is 0 Å². The molecule has 0 spiro atoms. The van der Waals surface area contributed by atoms with E-state index in [0.717, 1.165) is 98.8 Å². The first-order chi connectivity index (χ1) is 64.8. The van der Waals surface area contributed by atoms with Gasteiger partial charge in [0.2, 0.25) is 0 Å². The topological polar surface area (TPSA) is 682 Å². The molecule has 0 saturated heterocycles. The van der Waals surface area contributed by atoms with Crippen LogP contribution in [0.25, 0.3) is 0 Å². The third kappa shape index (κ3) is 26.3. The maximum absolute atomic E-state index is 13.2. The average molecular weight is 2030 g/mol. The molecule has 40 nitrogen and oxygen atoms in total. The van der Waals surface area contributed by atoms with Crippen LogP contribution in [0.2, 0.25) is 0 Å². The normalized spacial score (nSPS) is 35.7. The molecule has 17 saturated carbocycles. The van der Waals surface area contributed by atoms with Crippen molar-refractivity contribution in [2.45, 2.75) is 352 Å².